The van der Waals surface area contributed by atoms with Crippen LogP contribution in [0.4, 0.5) is 0 Å². The lowest BCUT2D eigenvalue weighted by molar-refractivity contribution is 0.0637. The third kappa shape index (κ3) is 4.52. The maximum absolute atomic E-state index is 5.46. The highest BCUT2D eigenvalue weighted by atomic mass is 16.5. The fourth-order valence-electron chi connectivity index (χ4n) is 2.94. The van der Waals surface area contributed by atoms with Gasteiger partial charge in [-0.25, -0.2) is 0 Å². The topological polar surface area (TPSA) is 18.5 Å². The number of hydrogen-bond acceptors (Lipinski definition) is 2. The Balaban J connectivity index is 2.65. The molecule has 2 heteroatoms. The molecule has 2 nitrogen and oxygen atoms in total. The molecule has 0 bridgehead atoms. The minimum atomic E-state index is 0.339. The first-order valence-electron chi connectivity index (χ1n) is 7.73. The molecule has 1 aromatic carbocycles. The Labute approximate surface area is 124 Å². The molecule has 0 N–H and O–H groups in total. The average Bonchev–Trinajstić information content (AvgIpc) is 2.46. The SMILES string of the molecule is CCC(CC)(CCCc1cc(C)ccc1OC)COC. The average molecular weight is 278 g/mol. The van der Waals surface area contributed by atoms with Crippen molar-refractivity contribution >= 4 is 0 Å². The second-order valence-corrected chi connectivity index (χ2v) is 5.81. The van der Waals surface area contributed by atoms with E-state index in [2.05, 4.69) is 39.0 Å². The molecule has 0 atom stereocenters. The molecule has 0 saturated heterocycles. The van der Waals surface area contributed by atoms with Crippen molar-refractivity contribution in [3.63, 3.8) is 0 Å². The van der Waals surface area contributed by atoms with Gasteiger partial charge in [0.05, 0.1) is 13.7 Å². The summed E-state index contributed by atoms with van der Waals surface area (Å²) in [6, 6.07) is 6.43. The van der Waals surface area contributed by atoms with E-state index in [9.17, 15) is 0 Å². The van der Waals surface area contributed by atoms with Gasteiger partial charge in [0, 0.05) is 7.11 Å². The van der Waals surface area contributed by atoms with E-state index in [0.717, 1.165) is 18.8 Å². The first-order valence-corrected chi connectivity index (χ1v) is 7.73. The smallest absolute Gasteiger partial charge is 0.122 e. The van der Waals surface area contributed by atoms with E-state index in [0.29, 0.717) is 5.41 Å². The Morgan fingerprint density at radius 1 is 1.10 bits per heavy atom. The number of benzene rings is 1. The molecular formula is C18H30O2. The van der Waals surface area contributed by atoms with Crippen LogP contribution in [-0.4, -0.2) is 20.8 Å². The van der Waals surface area contributed by atoms with Crippen LogP contribution < -0.4 is 4.74 Å². The molecular weight excluding hydrogens is 248 g/mol. The predicted octanol–water partition coefficient (Wildman–Crippen LogP) is 4.78. The highest BCUT2D eigenvalue weighted by Crippen LogP contribution is 2.33. The predicted molar refractivity (Wildman–Crippen MR) is 85.6 cm³/mol. The van der Waals surface area contributed by atoms with Crippen LogP contribution in [0.2, 0.25) is 0 Å². The standard InChI is InChI=1S/C18H30O2/c1-6-18(7-2,14-19-4)12-8-9-16-13-15(3)10-11-17(16)20-5/h10-11,13H,6-9,12,14H2,1-5H3. The quantitative estimate of drug-likeness (QED) is 0.647. The molecule has 0 aliphatic heterocycles. The maximum Gasteiger partial charge on any atom is 0.122 e. The summed E-state index contributed by atoms with van der Waals surface area (Å²) in [5.74, 6) is 1.01. The third-order valence-electron chi connectivity index (χ3n) is 4.54. The molecule has 0 radical (unpaired) electrons. The Morgan fingerprint density at radius 2 is 1.80 bits per heavy atom. The van der Waals surface area contributed by atoms with Crippen LogP contribution in [0, 0.1) is 12.3 Å². The Hall–Kier alpha value is -1.02. The Bertz CT molecular complexity index is 394. The summed E-state index contributed by atoms with van der Waals surface area (Å²) >= 11 is 0. The van der Waals surface area contributed by atoms with Gasteiger partial charge >= 0.3 is 0 Å². The van der Waals surface area contributed by atoms with Gasteiger partial charge in [0.1, 0.15) is 5.75 Å². The van der Waals surface area contributed by atoms with E-state index in [1.807, 2.05) is 7.11 Å². The zero-order chi connectivity index (χ0) is 15.0. The second kappa shape index (κ2) is 8.31. The molecule has 0 heterocycles. The molecule has 20 heavy (non-hydrogen) atoms. The Kier molecular flexibility index (Phi) is 7.08. The van der Waals surface area contributed by atoms with E-state index in [1.165, 1.54) is 36.8 Å². The van der Waals surface area contributed by atoms with Gasteiger partial charge in [0.15, 0.2) is 0 Å². The zero-order valence-corrected chi connectivity index (χ0v) is 13.8. The van der Waals surface area contributed by atoms with E-state index < -0.39 is 0 Å². The number of hydrogen-bond donors (Lipinski definition) is 0. The normalized spacial score (nSPS) is 11.7. The lowest BCUT2D eigenvalue weighted by Gasteiger charge is -2.31. The molecule has 1 aromatic rings. The summed E-state index contributed by atoms with van der Waals surface area (Å²) in [4.78, 5) is 0. The van der Waals surface area contributed by atoms with Crippen molar-refractivity contribution in [2.45, 2.75) is 52.9 Å². The molecule has 0 aromatic heterocycles. The van der Waals surface area contributed by atoms with E-state index in [4.69, 9.17) is 9.47 Å². The maximum atomic E-state index is 5.46. The Morgan fingerprint density at radius 3 is 2.35 bits per heavy atom. The van der Waals surface area contributed by atoms with Gasteiger partial charge in [-0.1, -0.05) is 31.5 Å². The van der Waals surface area contributed by atoms with Crippen LogP contribution in [-0.2, 0) is 11.2 Å². The van der Waals surface area contributed by atoms with Gasteiger partial charge in [-0.2, -0.15) is 0 Å². The van der Waals surface area contributed by atoms with Gasteiger partial charge in [-0.05, 0) is 56.1 Å². The number of rotatable bonds is 9. The first kappa shape index (κ1) is 17.0. The van der Waals surface area contributed by atoms with Crippen LogP contribution in [0.3, 0.4) is 0 Å². The van der Waals surface area contributed by atoms with Crippen LogP contribution in [0.5, 0.6) is 5.75 Å². The van der Waals surface area contributed by atoms with E-state index in [-0.39, 0.29) is 0 Å². The third-order valence-corrected chi connectivity index (χ3v) is 4.54. The van der Waals surface area contributed by atoms with Crippen LogP contribution >= 0.6 is 0 Å². The summed E-state index contributed by atoms with van der Waals surface area (Å²) < 4.78 is 10.9. The lowest BCUT2D eigenvalue weighted by Crippen LogP contribution is -2.25. The summed E-state index contributed by atoms with van der Waals surface area (Å²) in [5, 5.41) is 0. The number of aryl methyl sites for hydroxylation is 2. The van der Waals surface area contributed by atoms with Crippen molar-refractivity contribution in [1.29, 1.82) is 0 Å². The number of methoxy groups -OCH3 is 2. The van der Waals surface area contributed by atoms with Gasteiger partial charge in [-0.3, -0.25) is 0 Å². The summed E-state index contributed by atoms with van der Waals surface area (Å²) in [6.45, 7) is 7.55. The highest BCUT2D eigenvalue weighted by molar-refractivity contribution is 5.36. The molecule has 0 spiro atoms. The second-order valence-electron chi connectivity index (χ2n) is 5.81. The zero-order valence-electron chi connectivity index (χ0n) is 13.8. The monoisotopic (exact) mass is 278 g/mol. The van der Waals surface area contributed by atoms with E-state index >= 15 is 0 Å². The molecule has 114 valence electrons. The summed E-state index contributed by atoms with van der Waals surface area (Å²) in [6.07, 6.45) is 5.84. The van der Waals surface area contributed by atoms with Crippen LogP contribution in [0.1, 0.15) is 50.7 Å². The van der Waals surface area contributed by atoms with Gasteiger partial charge in [0.25, 0.3) is 0 Å². The van der Waals surface area contributed by atoms with Crippen molar-refractivity contribution in [2.75, 3.05) is 20.8 Å². The summed E-state index contributed by atoms with van der Waals surface area (Å²) in [7, 11) is 3.56. The van der Waals surface area contributed by atoms with Gasteiger partial charge in [0.2, 0.25) is 0 Å². The largest absolute Gasteiger partial charge is 0.496 e. The highest BCUT2D eigenvalue weighted by Gasteiger charge is 2.25. The van der Waals surface area contributed by atoms with Crippen LogP contribution in [0.15, 0.2) is 18.2 Å². The van der Waals surface area contributed by atoms with Crippen molar-refractivity contribution in [2.24, 2.45) is 5.41 Å². The lowest BCUT2D eigenvalue weighted by atomic mass is 9.78. The minimum Gasteiger partial charge on any atom is -0.496 e. The fraction of sp³-hybridized carbons (Fsp3) is 0.667. The molecule has 1 rings (SSSR count). The summed E-state index contributed by atoms with van der Waals surface area (Å²) in [5.41, 5.74) is 2.96. The van der Waals surface area contributed by atoms with Gasteiger partial charge < -0.3 is 9.47 Å². The molecule has 0 saturated carbocycles. The van der Waals surface area contributed by atoms with Crippen molar-refractivity contribution in [3.8, 4) is 5.75 Å². The van der Waals surface area contributed by atoms with Gasteiger partial charge in [-0.15, -0.1) is 0 Å². The molecule has 0 aliphatic rings. The van der Waals surface area contributed by atoms with Crippen molar-refractivity contribution in [3.05, 3.63) is 29.3 Å². The van der Waals surface area contributed by atoms with Crippen LogP contribution in [0.25, 0.3) is 0 Å². The molecule has 0 fully saturated rings. The van der Waals surface area contributed by atoms with Crippen molar-refractivity contribution < 1.29 is 9.47 Å². The number of ether oxygens (including phenoxy) is 2. The minimum absolute atomic E-state index is 0.339. The molecule has 0 aliphatic carbocycles. The fourth-order valence-corrected chi connectivity index (χ4v) is 2.94. The molecule has 0 amide bonds. The molecule has 0 unspecified atom stereocenters. The van der Waals surface area contributed by atoms with E-state index in [1.54, 1.807) is 7.11 Å². The van der Waals surface area contributed by atoms with Crippen molar-refractivity contribution in [1.82, 2.24) is 0 Å². The first-order chi connectivity index (χ1) is 9.60.